The summed E-state index contributed by atoms with van der Waals surface area (Å²) >= 11 is 10.4. The van der Waals surface area contributed by atoms with Gasteiger partial charge in [-0.05, 0) is 62.0 Å². The van der Waals surface area contributed by atoms with E-state index < -0.39 is 5.54 Å². The van der Waals surface area contributed by atoms with Gasteiger partial charge in [-0.25, -0.2) is 4.98 Å². The zero-order valence-electron chi connectivity index (χ0n) is 30.3. The molecule has 3 aromatic heterocycles. The lowest BCUT2D eigenvalue weighted by Gasteiger charge is -2.34. The Labute approximate surface area is 332 Å². The van der Waals surface area contributed by atoms with Crippen molar-refractivity contribution in [1.29, 1.82) is 0 Å². The van der Waals surface area contributed by atoms with Crippen molar-refractivity contribution < 1.29 is 9.21 Å². The summed E-state index contributed by atoms with van der Waals surface area (Å²) in [6, 6.07) is 44.8. The molecule has 1 N–H and O–H groups in total. The van der Waals surface area contributed by atoms with Gasteiger partial charge >= 0.3 is 0 Å². The zero-order valence-corrected chi connectivity index (χ0v) is 32.6. The second-order valence-corrected chi connectivity index (χ2v) is 14.4. The Morgan fingerprint density at radius 1 is 0.836 bits per heavy atom. The summed E-state index contributed by atoms with van der Waals surface area (Å²) in [7, 11) is 1.60. The average Bonchev–Trinajstić information content (AvgIpc) is 3.94. The van der Waals surface area contributed by atoms with E-state index in [1.165, 1.54) is 0 Å². The number of furan rings is 1. The van der Waals surface area contributed by atoms with Crippen LogP contribution < -0.4 is 5.32 Å². The van der Waals surface area contributed by atoms with E-state index in [2.05, 4.69) is 75.6 Å². The first-order valence-corrected chi connectivity index (χ1v) is 19.4. The SMILES string of the molecule is CCCCc1nc(Cl)c(C(=O)NC)n1Cc1ccc2oc(-c3ccccc3-c3nnn(C(c4ccccc4)(c4ccccc4)c4ccccc4)n3)c(Br)c2c1. The lowest BCUT2D eigenvalue weighted by Crippen LogP contribution is -2.39. The third-order valence-corrected chi connectivity index (χ3v) is 11.0. The van der Waals surface area contributed by atoms with Crippen LogP contribution in [-0.4, -0.2) is 42.7 Å². The number of rotatable bonds is 12. The van der Waals surface area contributed by atoms with Gasteiger partial charge in [0.25, 0.3) is 5.91 Å². The summed E-state index contributed by atoms with van der Waals surface area (Å²) in [6.07, 6.45) is 2.65. The minimum absolute atomic E-state index is 0.203. The number of carbonyl (C=O) groups excluding carboxylic acids is 1. The monoisotopic (exact) mass is 809 g/mol. The van der Waals surface area contributed by atoms with Crippen LogP contribution in [0.3, 0.4) is 0 Å². The molecule has 0 aliphatic carbocycles. The number of fused-ring (bicyclic) bond motifs is 1. The van der Waals surface area contributed by atoms with Gasteiger partial charge < -0.3 is 14.3 Å². The minimum Gasteiger partial charge on any atom is -0.455 e. The van der Waals surface area contributed by atoms with Crippen LogP contribution in [0.15, 0.2) is 142 Å². The number of imidazole rings is 1. The predicted octanol–water partition coefficient (Wildman–Crippen LogP) is 9.96. The Morgan fingerprint density at radius 3 is 2.04 bits per heavy atom. The van der Waals surface area contributed by atoms with Crippen LogP contribution in [0.2, 0.25) is 5.15 Å². The van der Waals surface area contributed by atoms with Crippen LogP contribution in [0.4, 0.5) is 0 Å². The zero-order chi connectivity index (χ0) is 37.9. The molecule has 0 unspecified atom stereocenters. The number of halogens is 2. The fourth-order valence-corrected chi connectivity index (χ4v) is 8.18. The van der Waals surface area contributed by atoms with E-state index in [1.807, 2.05) is 95.6 Å². The van der Waals surface area contributed by atoms with Gasteiger partial charge in [-0.1, -0.05) is 146 Å². The highest BCUT2D eigenvalue weighted by Gasteiger charge is 2.41. The molecular weight excluding hydrogens is 774 g/mol. The van der Waals surface area contributed by atoms with Crippen LogP contribution in [-0.2, 0) is 18.5 Å². The van der Waals surface area contributed by atoms with Crippen LogP contribution in [0.5, 0.6) is 0 Å². The molecule has 274 valence electrons. The molecule has 0 radical (unpaired) electrons. The molecule has 8 aromatic rings. The highest BCUT2D eigenvalue weighted by atomic mass is 79.9. The minimum atomic E-state index is -0.909. The third-order valence-electron chi connectivity index (χ3n) is 9.93. The number of aryl methyl sites for hydroxylation is 1. The Morgan fingerprint density at radius 2 is 1.44 bits per heavy atom. The standard InChI is InChI=1S/C44H37BrClN7O2/c1-3-4-24-37-48-41(46)39(43(54)47-2)52(37)28-29-25-26-36-35(27-29)38(45)40(55-36)33-22-14-15-23-34(33)42-49-51-53(50-42)44(30-16-8-5-9-17-30,31-18-10-6-11-19-31)32-20-12-7-13-21-32/h5-23,25-27H,3-4,24,28H2,1-2H3,(H,47,54). The van der Waals surface area contributed by atoms with E-state index in [4.69, 9.17) is 31.4 Å². The fourth-order valence-electron chi connectivity index (χ4n) is 7.29. The van der Waals surface area contributed by atoms with Gasteiger partial charge in [0, 0.05) is 36.5 Å². The quantitative estimate of drug-likeness (QED) is 0.123. The van der Waals surface area contributed by atoms with Gasteiger partial charge in [0.2, 0.25) is 5.82 Å². The van der Waals surface area contributed by atoms with Crippen molar-refractivity contribution in [2.45, 2.75) is 38.3 Å². The van der Waals surface area contributed by atoms with Crippen LogP contribution >= 0.6 is 27.5 Å². The number of hydrogen-bond donors (Lipinski definition) is 1. The smallest absolute Gasteiger partial charge is 0.270 e. The first-order valence-electron chi connectivity index (χ1n) is 18.2. The highest BCUT2D eigenvalue weighted by Crippen LogP contribution is 2.43. The van der Waals surface area contributed by atoms with Gasteiger partial charge in [0.1, 0.15) is 22.9 Å². The second kappa shape index (κ2) is 15.5. The van der Waals surface area contributed by atoms with Crippen molar-refractivity contribution in [2.75, 3.05) is 7.05 Å². The molecule has 1 amide bonds. The number of nitrogens with one attached hydrogen (secondary N) is 1. The normalized spacial score (nSPS) is 11.6. The molecule has 5 aromatic carbocycles. The number of tetrazole rings is 1. The first-order chi connectivity index (χ1) is 26.9. The fraction of sp³-hybridized carbons (Fsp3) is 0.159. The number of nitrogens with zero attached hydrogens (tertiary/aromatic N) is 6. The number of carbonyl (C=O) groups is 1. The van der Waals surface area contributed by atoms with Crippen molar-refractivity contribution in [3.8, 4) is 22.7 Å². The number of amides is 1. The summed E-state index contributed by atoms with van der Waals surface area (Å²) in [5.74, 6) is 1.60. The Balaban J connectivity index is 1.22. The molecule has 0 bridgehead atoms. The number of benzene rings is 5. The summed E-state index contributed by atoms with van der Waals surface area (Å²) in [5, 5.41) is 18.4. The lowest BCUT2D eigenvalue weighted by molar-refractivity contribution is 0.0954. The predicted molar refractivity (Wildman–Crippen MR) is 219 cm³/mol. The van der Waals surface area contributed by atoms with E-state index in [1.54, 1.807) is 11.8 Å². The summed E-state index contributed by atoms with van der Waals surface area (Å²) < 4.78 is 9.26. The van der Waals surface area contributed by atoms with E-state index in [0.29, 0.717) is 35.8 Å². The molecule has 11 heteroatoms. The molecule has 0 spiro atoms. The Bertz CT molecular complexity index is 2510. The number of hydrogen-bond acceptors (Lipinski definition) is 6. The average molecular weight is 811 g/mol. The highest BCUT2D eigenvalue weighted by molar-refractivity contribution is 9.10. The van der Waals surface area contributed by atoms with E-state index in [0.717, 1.165) is 61.9 Å². The van der Waals surface area contributed by atoms with E-state index in [9.17, 15) is 4.79 Å². The summed E-state index contributed by atoms with van der Waals surface area (Å²) in [6.45, 7) is 2.54. The van der Waals surface area contributed by atoms with Gasteiger partial charge in [0.05, 0.1) is 4.47 Å². The molecule has 0 atom stereocenters. The molecule has 9 nitrogen and oxygen atoms in total. The molecule has 0 saturated carbocycles. The molecule has 0 aliphatic heterocycles. The molecular formula is C44H37BrClN7O2. The van der Waals surface area contributed by atoms with E-state index in [-0.39, 0.29) is 11.1 Å². The van der Waals surface area contributed by atoms with Gasteiger partial charge in [-0.3, -0.25) is 4.79 Å². The van der Waals surface area contributed by atoms with Crippen molar-refractivity contribution in [3.05, 3.63) is 177 Å². The van der Waals surface area contributed by atoms with Crippen LogP contribution in [0.25, 0.3) is 33.7 Å². The van der Waals surface area contributed by atoms with Crippen molar-refractivity contribution in [2.24, 2.45) is 0 Å². The Kier molecular flexibility index (Phi) is 10.2. The third kappa shape index (κ3) is 6.55. The Hall–Kier alpha value is -5.84. The molecule has 0 saturated heterocycles. The molecule has 0 fully saturated rings. The summed E-state index contributed by atoms with van der Waals surface area (Å²) in [5.41, 5.74) is 5.68. The van der Waals surface area contributed by atoms with Crippen LogP contribution in [0.1, 0.15) is 58.3 Å². The topological polar surface area (TPSA) is 104 Å². The van der Waals surface area contributed by atoms with E-state index >= 15 is 0 Å². The van der Waals surface area contributed by atoms with Crippen LogP contribution in [0, 0.1) is 0 Å². The number of aromatic nitrogens is 6. The maximum Gasteiger partial charge on any atom is 0.270 e. The summed E-state index contributed by atoms with van der Waals surface area (Å²) in [4.78, 5) is 19.2. The van der Waals surface area contributed by atoms with Gasteiger partial charge in [0.15, 0.2) is 10.7 Å². The molecule has 3 heterocycles. The van der Waals surface area contributed by atoms with Gasteiger partial charge in [-0.15, -0.1) is 15.0 Å². The molecule has 55 heavy (non-hydrogen) atoms. The first kappa shape index (κ1) is 36.2. The maximum atomic E-state index is 12.9. The molecule has 0 aliphatic rings. The lowest BCUT2D eigenvalue weighted by atomic mass is 9.77. The van der Waals surface area contributed by atoms with Gasteiger partial charge in [-0.2, -0.15) is 0 Å². The van der Waals surface area contributed by atoms with Crippen molar-refractivity contribution in [1.82, 2.24) is 35.1 Å². The van der Waals surface area contributed by atoms with Crippen molar-refractivity contribution in [3.63, 3.8) is 0 Å². The van der Waals surface area contributed by atoms with Crippen molar-refractivity contribution >= 4 is 44.4 Å². The number of unbranched alkanes of at least 4 members (excludes halogenated alkanes) is 1. The molecule has 8 rings (SSSR count). The second-order valence-electron chi connectivity index (χ2n) is 13.3. The largest absolute Gasteiger partial charge is 0.455 e. The maximum absolute atomic E-state index is 12.9.